The molecule has 2 heterocycles. The van der Waals surface area contributed by atoms with E-state index in [1.54, 1.807) is 0 Å². The van der Waals surface area contributed by atoms with Crippen LogP contribution in [0.3, 0.4) is 0 Å². The Morgan fingerprint density at radius 1 is 1.24 bits per heavy atom. The van der Waals surface area contributed by atoms with Gasteiger partial charge in [-0.1, -0.05) is 0 Å². The first-order valence-electron chi connectivity index (χ1n) is 7.54. The van der Waals surface area contributed by atoms with Crippen LogP contribution >= 0.6 is 0 Å². The minimum atomic E-state index is 0.118. The van der Waals surface area contributed by atoms with E-state index in [0.29, 0.717) is 6.04 Å². The van der Waals surface area contributed by atoms with Crippen LogP contribution in [0.2, 0.25) is 0 Å². The van der Waals surface area contributed by atoms with Gasteiger partial charge >= 0.3 is 0 Å². The number of nitrogens with zero attached hydrogens (tertiary/aromatic N) is 3. The van der Waals surface area contributed by atoms with Crippen LogP contribution in [0, 0.1) is 6.92 Å². The number of fused-ring (bicyclic) bond motifs is 1. The molecule has 1 amide bonds. The molecule has 1 saturated heterocycles. The third-order valence-corrected chi connectivity index (χ3v) is 4.18. The van der Waals surface area contributed by atoms with Gasteiger partial charge in [-0.2, -0.15) is 0 Å². The highest BCUT2D eigenvalue weighted by molar-refractivity contribution is 5.97. The summed E-state index contributed by atoms with van der Waals surface area (Å²) in [5.74, 6) is 0.993. The fourth-order valence-electron chi connectivity index (χ4n) is 2.89. The van der Waals surface area contributed by atoms with Crippen molar-refractivity contribution in [2.75, 3.05) is 26.2 Å². The van der Waals surface area contributed by atoms with Gasteiger partial charge in [0.1, 0.15) is 5.82 Å². The van der Waals surface area contributed by atoms with Crippen LogP contribution in [0.5, 0.6) is 0 Å². The summed E-state index contributed by atoms with van der Waals surface area (Å²) in [6.45, 7) is 9.84. The molecule has 0 saturated carbocycles. The standard InChI is InChI=1S/C16H22N4O/c1-11(2)19-6-8-20(9-7-19)16(21)13-4-5-14-15(10-13)18-12(3)17-14/h4-5,10-11H,6-9H2,1-3H3,(H,17,18). The zero-order chi connectivity index (χ0) is 15.0. The predicted molar refractivity (Wildman–Crippen MR) is 83.4 cm³/mol. The second-order valence-corrected chi connectivity index (χ2v) is 5.98. The number of H-pyrrole nitrogens is 1. The van der Waals surface area contributed by atoms with E-state index in [9.17, 15) is 4.79 Å². The lowest BCUT2D eigenvalue weighted by Crippen LogP contribution is -2.50. The molecule has 0 radical (unpaired) electrons. The summed E-state index contributed by atoms with van der Waals surface area (Å²) in [5, 5.41) is 0. The summed E-state index contributed by atoms with van der Waals surface area (Å²) in [5.41, 5.74) is 2.58. The molecule has 0 spiro atoms. The number of aromatic amines is 1. The number of aryl methyl sites for hydroxylation is 1. The Balaban J connectivity index is 1.75. The van der Waals surface area contributed by atoms with Gasteiger partial charge in [0.15, 0.2) is 0 Å². The van der Waals surface area contributed by atoms with Gasteiger partial charge in [0.05, 0.1) is 11.0 Å². The zero-order valence-corrected chi connectivity index (χ0v) is 12.9. The van der Waals surface area contributed by atoms with Gasteiger partial charge in [-0.3, -0.25) is 9.69 Å². The summed E-state index contributed by atoms with van der Waals surface area (Å²) < 4.78 is 0. The maximum Gasteiger partial charge on any atom is 0.254 e. The first-order chi connectivity index (χ1) is 10.0. The van der Waals surface area contributed by atoms with E-state index in [1.165, 1.54) is 0 Å². The summed E-state index contributed by atoms with van der Waals surface area (Å²) in [7, 11) is 0. The van der Waals surface area contributed by atoms with E-state index in [1.807, 2.05) is 30.0 Å². The van der Waals surface area contributed by atoms with Crippen molar-refractivity contribution in [3.05, 3.63) is 29.6 Å². The van der Waals surface area contributed by atoms with Crippen molar-refractivity contribution >= 4 is 16.9 Å². The van der Waals surface area contributed by atoms with Crippen molar-refractivity contribution in [3.63, 3.8) is 0 Å². The normalized spacial score (nSPS) is 16.9. The summed E-state index contributed by atoms with van der Waals surface area (Å²) in [6.07, 6.45) is 0. The molecule has 1 N–H and O–H groups in total. The average molecular weight is 286 g/mol. The SMILES string of the molecule is Cc1nc2ccc(C(=O)N3CCN(C(C)C)CC3)cc2[nH]1. The molecule has 1 aliphatic rings. The Morgan fingerprint density at radius 2 is 1.95 bits per heavy atom. The van der Waals surface area contributed by atoms with Crippen molar-refractivity contribution in [2.45, 2.75) is 26.8 Å². The number of piperazine rings is 1. The molecule has 1 aromatic heterocycles. The second-order valence-electron chi connectivity index (χ2n) is 5.98. The van der Waals surface area contributed by atoms with Crippen LogP contribution < -0.4 is 0 Å². The van der Waals surface area contributed by atoms with Gasteiger partial charge in [0, 0.05) is 37.8 Å². The van der Waals surface area contributed by atoms with Gasteiger partial charge in [0.2, 0.25) is 0 Å². The van der Waals surface area contributed by atoms with Crippen LogP contribution in [0.4, 0.5) is 0 Å². The topological polar surface area (TPSA) is 52.2 Å². The van der Waals surface area contributed by atoms with Crippen molar-refractivity contribution in [1.82, 2.24) is 19.8 Å². The van der Waals surface area contributed by atoms with E-state index in [2.05, 4.69) is 28.7 Å². The Labute approximate surface area is 125 Å². The van der Waals surface area contributed by atoms with Gasteiger partial charge in [-0.05, 0) is 39.0 Å². The first kappa shape index (κ1) is 14.1. The Morgan fingerprint density at radius 3 is 2.62 bits per heavy atom. The maximum absolute atomic E-state index is 12.6. The molecule has 2 aromatic rings. The largest absolute Gasteiger partial charge is 0.342 e. The van der Waals surface area contributed by atoms with Crippen LogP contribution in [0.25, 0.3) is 11.0 Å². The van der Waals surface area contributed by atoms with E-state index in [-0.39, 0.29) is 5.91 Å². The fraction of sp³-hybridized carbons (Fsp3) is 0.500. The number of amides is 1. The molecule has 112 valence electrons. The van der Waals surface area contributed by atoms with Crippen LogP contribution in [-0.4, -0.2) is 57.9 Å². The minimum Gasteiger partial charge on any atom is -0.342 e. The third kappa shape index (κ3) is 2.78. The molecule has 5 nitrogen and oxygen atoms in total. The number of carbonyl (C=O) groups is 1. The van der Waals surface area contributed by atoms with Gasteiger partial charge < -0.3 is 9.88 Å². The van der Waals surface area contributed by atoms with Crippen LogP contribution in [0.15, 0.2) is 18.2 Å². The minimum absolute atomic E-state index is 0.118. The number of nitrogens with one attached hydrogen (secondary N) is 1. The Hall–Kier alpha value is -1.88. The molecule has 1 aromatic carbocycles. The van der Waals surface area contributed by atoms with Crippen molar-refractivity contribution in [3.8, 4) is 0 Å². The van der Waals surface area contributed by atoms with Gasteiger partial charge in [-0.15, -0.1) is 0 Å². The highest BCUT2D eigenvalue weighted by Crippen LogP contribution is 2.16. The number of imidazole rings is 1. The third-order valence-electron chi connectivity index (χ3n) is 4.18. The first-order valence-corrected chi connectivity index (χ1v) is 7.54. The molecule has 5 heteroatoms. The molecular weight excluding hydrogens is 264 g/mol. The molecule has 3 rings (SSSR count). The lowest BCUT2D eigenvalue weighted by atomic mass is 10.1. The fourth-order valence-corrected chi connectivity index (χ4v) is 2.89. The number of hydrogen-bond acceptors (Lipinski definition) is 3. The maximum atomic E-state index is 12.6. The van der Waals surface area contributed by atoms with E-state index < -0.39 is 0 Å². The summed E-state index contributed by atoms with van der Waals surface area (Å²) in [4.78, 5) is 24.5. The lowest BCUT2D eigenvalue weighted by molar-refractivity contribution is 0.0595. The molecule has 0 atom stereocenters. The highest BCUT2D eigenvalue weighted by atomic mass is 16.2. The van der Waals surface area contributed by atoms with Crippen LogP contribution in [0.1, 0.15) is 30.0 Å². The number of aromatic nitrogens is 2. The second kappa shape index (κ2) is 5.48. The molecule has 0 aliphatic carbocycles. The smallest absolute Gasteiger partial charge is 0.254 e. The summed E-state index contributed by atoms with van der Waals surface area (Å²) in [6, 6.07) is 6.24. The zero-order valence-electron chi connectivity index (χ0n) is 12.9. The Bertz CT molecular complexity index is 653. The number of rotatable bonds is 2. The molecule has 21 heavy (non-hydrogen) atoms. The predicted octanol–water partition coefficient (Wildman–Crippen LogP) is 2.04. The molecular formula is C16H22N4O. The number of carbonyl (C=O) groups excluding carboxylic acids is 1. The lowest BCUT2D eigenvalue weighted by Gasteiger charge is -2.36. The number of benzene rings is 1. The van der Waals surface area contributed by atoms with E-state index in [0.717, 1.165) is 48.6 Å². The van der Waals surface area contributed by atoms with Gasteiger partial charge in [0.25, 0.3) is 5.91 Å². The van der Waals surface area contributed by atoms with Gasteiger partial charge in [-0.25, -0.2) is 4.98 Å². The van der Waals surface area contributed by atoms with E-state index >= 15 is 0 Å². The monoisotopic (exact) mass is 286 g/mol. The molecule has 0 unspecified atom stereocenters. The highest BCUT2D eigenvalue weighted by Gasteiger charge is 2.23. The van der Waals surface area contributed by atoms with Crippen molar-refractivity contribution < 1.29 is 4.79 Å². The molecule has 1 fully saturated rings. The number of hydrogen-bond donors (Lipinski definition) is 1. The average Bonchev–Trinajstić information content (AvgIpc) is 2.85. The molecule has 1 aliphatic heterocycles. The summed E-state index contributed by atoms with van der Waals surface area (Å²) >= 11 is 0. The van der Waals surface area contributed by atoms with Crippen molar-refractivity contribution in [1.29, 1.82) is 0 Å². The molecule has 0 bridgehead atoms. The quantitative estimate of drug-likeness (QED) is 0.919. The van der Waals surface area contributed by atoms with Crippen LogP contribution in [-0.2, 0) is 0 Å². The Kier molecular flexibility index (Phi) is 3.68. The van der Waals surface area contributed by atoms with Crippen molar-refractivity contribution in [2.24, 2.45) is 0 Å². The van der Waals surface area contributed by atoms with E-state index in [4.69, 9.17) is 0 Å².